The summed E-state index contributed by atoms with van der Waals surface area (Å²) in [5, 5.41) is 0. The van der Waals surface area contributed by atoms with E-state index in [1.807, 2.05) is 36.4 Å². The highest BCUT2D eigenvalue weighted by Gasteiger charge is 2.53. The summed E-state index contributed by atoms with van der Waals surface area (Å²) in [4.78, 5) is 13.4. The van der Waals surface area contributed by atoms with Crippen molar-refractivity contribution in [3.63, 3.8) is 0 Å². The van der Waals surface area contributed by atoms with Crippen LogP contribution < -0.4 is 4.90 Å². The van der Waals surface area contributed by atoms with Gasteiger partial charge in [-0.15, -0.1) is 0 Å². The molecule has 2 unspecified atom stereocenters. The number of nitrogens with zero attached hydrogens (tertiary/aromatic N) is 1. The number of carbonyl (C=O) groups is 1. The van der Waals surface area contributed by atoms with Crippen LogP contribution in [0.3, 0.4) is 0 Å². The lowest BCUT2D eigenvalue weighted by atomic mass is 10.3. The van der Waals surface area contributed by atoms with Crippen molar-refractivity contribution in [2.24, 2.45) is 0 Å². The Labute approximate surface area is 76.5 Å². The van der Waals surface area contributed by atoms with Crippen LogP contribution in [0.4, 0.5) is 5.69 Å². The molecule has 2 aliphatic rings. The number of fused-ring (bicyclic) bond motifs is 1. The molecule has 3 rings (SSSR count). The number of ketones is 1. The van der Waals surface area contributed by atoms with Gasteiger partial charge in [0, 0.05) is 5.69 Å². The highest BCUT2D eigenvalue weighted by molar-refractivity contribution is 6.06. The first-order valence-electron chi connectivity index (χ1n) is 4.43. The van der Waals surface area contributed by atoms with Crippen molar-refractivity contribution >= 4 is 11.5 Å². The third kappa shape index (κ3) is 0.856. The van der Waals surface area contributed by atoms with Crippen LogP contribution in [0, 0.1) is 0 Å². The number of hydrogen-bond acceptors (Lipinski definition) is 2. The summed E-state index contributed by atoms with van der Waals surface area (Å²) in [6.07, 6.45) is 3.68. The first kappa shape index (κ1) is 6.89. The topological polar surface area (TPSA) is 20.1 Å². The van der Waals surface area contributed by atoms with Crippen molar-refractivity contribution in [1.29, 1.82) is 0 Å². The van der Waals surface area contributed by atoms with E-state index in [1.54, 1.807) is 6.08 Å². The van der Waals surface area contributed by atoms with Gasteiger partial charge in [0.2, 0.25) is 0 Å². The second kappa shape index (κ2) is 2.22. The van der Waals surface area contributed by atoms with Crippen LogP contribution in [0.1, 0.15) is 0 Å². The molecule has 1 heterocycles. The van der Waals surface area contributed by atoms with Crippen LogP contribution in [0.25, 0.3) is 0 Å². The lowest BCUT2D eigenvalue weighted by Crippen LogP contribution is -2.08. The maximum absolute atomic E-state index is 11.3. The molecule has 0 saturated carbocycles. The molecule has 13 heavy (non-hydrogen) atoms. The third-order valence-corrected chi connectivity index (χ3v) is 2.66. The van der Waals surface area contributed by atoms with Gasteiger partial charge in [-0.25, -0.2) is 0 Å². The normalized spacial score (nSPS) is 29.2. The molecule has 0 amide bonds. The summed E-state index contributed by atoms with van der Waals surface area (Å²) in [5.74, 6) is 0.244. The Kier molecular flexibility index (Phi) is 1.18. The number of hydrogen-bond donors (Lipinski definition) is 0. The highest BCUT2D eigenvalue weighted by atomic mass is 16.1. The van der Waals surface area contributed by atoms with Gasteiger partial charge in [-0.1, -0.05) is 24.3 Å². The molecule has 0 spiro atoms. The lowest BCUT2D eigenvalue weighted by Gasteiger charge is -2.04. The van der Waals surface area contributed by atoms with Crippen LogP contribution >= 0.6 is 0 Å². The van der Waals surface area contributed by atoms with Gasteiger partial charge in [0.15, 0.2) is 5.78 Å². The first-order valence-corrected chi connectivity index (χ1v) is 4.43. The summed E-state index contributed by atoms with van der Waals surface area (Å²) >= 11 is 0. The Bertz CT molecular complexity index is 382. The van der Waals surface area contributed by atoms with Crippen molar-refractivity contribution in [1.82, 2.24) is 0 Å². The third-order valence-electron chi connectivity index (χ3n) is 2.66. The van der Waals surface area contributed by atoms with Crippen molar-refractivity contribution in [3.8, 4) is 0 Å². The van der Waals surface area contributed by atoms with Gasteiger partial charge in [-0.2, -0.15) is 0 Å². The molecule has 0 radical (unpaired) electrons. The standard InChI is InChI=1S/C11H9NO/c13-10-7-6-9-11(10)12(9)8-4-2-1-3-5-8/h1-7,9,11H. The molecule has 0 N–H and O–H groups in total. The van der Waals surface area contributed by atoms with Crippen LogP contribution in [0.2, 0.25) is 0 Å². The Morgan fingerprint density at radius 3 is 2.54 bits per heavy atom. The Hall–Kier alpha value is -1.57. The van der Waals surface area contributed by atoms with E-state index in [1.165, 1.54) is 0 Å². The molecule has 0 aromatic heterocycles. The monoisotopic (exact) mass is 171 g/mol. The molecule has 1 aromatic rings. The Balaban J connectivity index is 1.92. The van der Waals surface area contributed by atoms with Crippen molar-refractivity contribution in [2.45, 2.75) is 12.1 Å². The minimum atomic E-state index is 0.113. The van der Waals surface area contributed by atoms with Gasteiger partial charge in [0.05, 0.1) is 6.04 Å². The van der Waals surface area contributed by atoms with E-state index in [0.29, 0.717) is 6.04 Å². The van der Waals surface area contributed by atoms with Crippen LogP contribution in [0.15, 0.2) is 42.5 Å². The summed E-state index contributed by atoms with van der Waals surface area (Å²) in [5.41, 5.74) is 1.15. The Morgan fingerprint density at radius 2 is 1.92 bits per heavy atom. The number of rotatable bonds is 1. The fourth-order valence-electron chi connectivity index (χ4n) is 1.98. The number of carbonyl (C=O) groups excluding carboxylic acids is 1. The fraction of sp³-hybridized carbons (Fsp3) is 0.182. The highest BCUT2D eigenvalue weighted by Crippen LogP contribution is 2.39. The van der Waals surface area contributed by atoms with E-state index in [-0.39, 0.29) is 11.8 Å². The van der Waals surface area contributed by atoms with Crippen LogP contribution in [-0.2, 0) is 4.79 Å². The second-order valence-corrected chi connectivity index (χ2v) is 3.44. The van der Waals surface area contributed by atoms with E-state index in [9.17, 15) is 4.79 Å². The van der Waals surface area contributed by atoms with Crippen LogP contribution in [0.5, 0.6) is 0 Å². The van der Waals surface area contributed by atoms with Gasteiger partial charge in [-0.05, 0) is 18.2 Å². The lowest BCUT2D eigenvalue weighted by molar-refractivity contribution is -0.113. The summed E-state index contributed by atoms with van der Waals surface area (Å²) in [7, 11) is 0. The zero-order chi connectivity index (χ0) is 8.84. The minimum absolute atomic E-state index is 0.113. The van der Waals surface area contributed by atoms with Gasteiger partial charge in [-0.3, -0.25) is 4.79 Å². The maximum Gasteiger partial charge on any atom is 0.180 e. The molecule has 2 atom stereocenters. The van der Waals surface area contributed by atoms with E-state index in [0.717, 1.165) is 5.69 Å². The van der Waals surface area contributed by atoms with E-state index >= 15 is 0 Å². The molecule has 1 aliphatic heterocycles. The van der Waals surface area contributed by atoms with Gasteiger partial charge >= 0.3 is 0 Å². The predicted octanol–water partition coefficient (Wildman–Crippen LogP) is 1.38. The SMILES string of the molecule is O=C1C=CC2C1N2c1ccccc1. The average Bonchev–Trinajstić information content (AvgIpc) is 2.80. The summed E-state index contributed by atoms with van der Waals surface area (Å²) in [6.45, 7) is 0. The van der Waals surface area contributed by atoms with Gasteiger partial charge in [0.25, 0.3) is 0 Å². The average molecular weight is 171 g/mol. The van der Waals surface area contributed by atoms with E-state index in [4.69, 9.17) is 0 Å². The van der Waals surface area contributed by atoms with E-state index in [2.05, 4.69) is 4.90 Å². The summed E-state index contributed by atoms with van der Waals surface area (Å²) in [6, 6.07) is 10.5. The molecule has 0 bridgehead atoms. The molecule has 1 saturated heterocycles. The largest absolute Gasteiger partial charge is 0.350 e. The predicted molar refractivity (Wildman–Crippen MR) is 50.6 cm³/mol. The van der Waals surface area contributed by atoms with Crippen molar-refractivity contribution in [2.75, 3.05) is 4.90 Å². The minimum Gasteiger partial charge on any atom is -0.350 e. The molecule has 1 aromatic carbocycles. The molecule has 2 nitrogen and oxygen atoms in total. The number of para-hydroxylation sites is 1. The fourth-order valence-corrected chi connectivity index (χ4v) is 1.98. The van der Waals surface area contributed by atoms with E-state index < -0.39 is 0 Å². The zero-order valence-electron chi connectivity index (χ0n) is 7.05. The van der Waals surface area contributed by atoms with Crippen LogP contribution in [-0.4, -0.2) is 17.9 Å². The quantitative estimate of drug-likeness (QED) is 0.595. The molecule has 1 fully saturated rings. The van der Waals surface area contributed by atoms with Gasteiger partial charge < -0.3 is 4.90 Å². The second-order valence-electron chi connectivity index (χ2n) is 3.44. The molecule has 2 heteroatoms. The number of benzene rings is 1. The van der Waals surface area contributed by atoms with Crippen molar-refractivity contribution in [3.05, 3.63) is 42.5 Å². The molecular weight excluding hydrogens is 162 g/mol. The first-order chi connectivity index (χ1) is 6.38. The summed E-state index contributed by atoms with van der Waals surface area (Å²) < 4.78 is 0. The number of anilines is 1. The molecule has 1 aliphatic carbocycles. The Morgan fingerprint density at radius 1 is 1.15 bits per heavy atom. The molecule has 64 valence electrons. The molecular formula is C11H9NO. The van der Waals surface area contributed by atoms with Crippen molar-refractivity contribution < 1.29 is 4.79 Å². The smallest absolute Gasteiger partial charge is 0.180 e. The maximum atomic E-state index is 11.3. The zero-order valence-corrected chi connectivity index (χ0v) is 7.05. The van der Waals surface area contributed by atoms with Gasteiger partial charge in [0.1, 0.15) is 6.04 Å².